The number of nitrogens with one attached hydrogen (secondary N) is 1. The van der Waals surface area contributed by atoms with E-state index in [0.29, 0.717) is 16.6 Å². The van der Waals surface area contributed by atoms with Gasteiger partial charge in [-0.05, 0) is 49.4 Å². The molecule has 4 rings (SSSR count). The van der Waals surface area contributed by atoms with E-state index in [1.807, 2.05) is 31.2 Å². The van der Waals surface area contributed by atoms with Gasteiger partial charge in [-0.15, -0.1) is 11.3 Å². The molecule has 1 amide bonds. The summed E-state index contributed by atoms with van der Waals surface area (Å²) in [5, 5.41) is 5.25. The summed E-state index contributed by atoms with van der Waals surface area (Å²) in [6.45, 7) is 2.35. The van der Waals surface area contributed by atoms with E-state index >= 15 is 0 Å². The third kappa shape index (κ3) is 3.95. The van der Waals surface area contributed by atoms with Gasteiger partial charge < -0.3 is 5.32 Å². The van der Waals surface area contributed by atoms with Gasteiger partial charge in [0, 0.05) is 27.0 Å². The van der Waals surface area contributed by atoms with Gasteiger partial charge in [-0.2, -0.15) is 0 Å². The van der Waals surface area contributed by atoms with E-state index in [2.05, 4.69) is 17.4 Å². The molecule has 1 atom stereocenters. The molecule has 2 aromatic carbocycles. The molecular formula is C22H20Cl2N2OS. The van der Waals surface area contributed by atoms with Crippen LogP contribution in [0.2, 0.25) is 10.0 Å². The van der Waals surface area contributed by atoms with Crippen molar-refractivity contribution in [3.05, 3.63) is 74.2 Å². The molecule has 1 N–H and O–H groups in total. The summed E-state index contributed by atoms with van der Waals surface area (Å²) in [5.74, 6) is -0.111. The lowest BCUT2D eigenvalue weighted by Gasteiger charge is -2.21. The number of aromatic nitrogens is 1. The summed E-state index contributed by atoms with van der Waals surface area (Å²) >= 11 is 14.0. The Morgan fingerprint density at radius 3 is 2.79 bits per heavy atom. The average Bonchev–Trinajstić information content (AvgIpc) is 3.12. The van der Waals surface area contributed by atoms with E-state index in [4.69, 9.17) is 28.2 Å². The first-order chi connectivity index (χ1) is 13.5. The molecule has 1 aliphatic carbocycles. The average molecular weight is 431 g/mol. The van der Waals surface area contributed by atoms with E-state index in [1.54, 1.807) is 17.4 Å². The van der Waals surface area contributed by atoms with Crippen molar-refractivity contribution < 1.29 is 4.79 Å². The predicted octanol–water partition coefficient (Wildman–Crippen LogP) is 6.16. The molecule has 28 heavy (non-hydrogen) atoms. The second-order valence-electron chi connectivity index (χ2n) is 7.04. The largest absolute Gasteiger partial charge is 0.351 e. The molecule has 3 nitrogen and oxygen atoms in total. The van der Waals surface area contributed by atoms with Crippen molar-refractivity contribution in [2.45, 2.75) is 38.6 Å². The maximum Gasteiger partial charge on any atom is 0.228 e. The number of thiazole rings is 1. The van der Waals surface area contributed by atoms with Crippen molar-refractivity contribution in [2.24, 2.45) is 0 Å². The lowest BCUT2D eigenvalue weighted by atomic mass is 9.91. The van der Waals surface area contributed by atoms with Gasteiger partial charge in [-0.1, -0.05) is 53.5 Å². The van der Waals surface area contributed by atoms with Gasteiger partial charge in [-0.25, -0.2) is 4.98 Å². The first kappa shape index (κ1) is 19.4. The van der Waals surface area contributed by atoms with Crippen molar-refractivity contribution in [3.8, 4) is 10.6 Å². The number of rotatable bonds is 4. The molecule has 6 heteroatoms. The van der Waals surface area contributed by atoms with Crippen LogP contribution in [0.4, 0.5) is 0 Å². The first-order valence-electron chi connectivity index (χ1n) is 9.30. The van der Waals surface area contributed by atoms with E-state index in [1.165, 1.54) is 0 Å². The summed E-state index contributed by atoms with van der Waals surface area (Å²) in [7, 11) is 0. The number of fused-ring (bicyclic) bond motifs is 1. The molecule has 0 bridgehead atoms. The molecule has 0 radical (unpaired) electrons. The molecule has 3 aromatic rings. The minimum atomic E-state index is -0.148. The summed E-state index contributed by atoms with van der Waals surface area (Å²) in [6, 6.07) is 13.7. The highest BCUT2D eigenvalue weighted by atomic mass is 35.5. The van der Waals surface area contributed by atoms with E-state index in [0.717, 1.165) is 51.5 Å². The smallest absolute Gasteiger partial charge is 0.228 e. The maximum absolute atomic E-state index is 13.0. The molecule has 0 spiro atoms. The lowest BCUT2D eigenvalue weighted by molar-refractivity contribution is -0.123. The Kier molecular flexibility index (Phi) is 5.72. The molecule has 0 saturated carbocycles. The van der Waals surface area contributed by atoms with Crippen molar-refractivity contribution in [1.29, 1.82) is 0 Å². The van der Waals surface area contributed by atoms with Crippen LogP contribution in [0.25, 0.3) is 10.6 Å². The third-order valence-electron chi connectivity index (χ3n) is 5.11. The normalized spacial score (nSPS) is 15.9. The van der Waals surface area contributed by atoms with E-state index < -0.39 is 0 Å². The van der Waals surface area contributed by atoms with Gasteiger partial charge in [0.25, 0.3) is 0 Å². The number of aryl methyl sites for hydroxylation is 2. The summed E-state index contributed by atoms with van der Waals surface area (Å²) < 4.78 is 0. The SMILES string of the molecule is Cc1cc(Cl)cc(Cl)c1CNC(=O)C1CCCc2nc(-c3ccccc3)sc21. The van der Waals surface area contributed by atoms with Crippen molar-refractivity contribution in [2.75, 3.05) is 0 Å². The Morgan fingerprint density at radius 1 is 1.25 bits per heavy atom. The van der Waals surface area contributed by atoms with Crippen LogP contribution in [0.1, 0.15) is 40.5 Å². The standard InChI is InChI=1S/C22H20Cl2N2OS/c1-13-10-15(23)11-18(24)17(13)12-25-21(27)16-8-5-9-19-20(16)28-22(26-19)14-6-3-2-4-7-14/h2-4,6-7,10-11,16H,5,8-9,12H2,1H3,(H,25,27). The topological polar surface area (TPSA) is 42.0 Å². The van der Waals surface area contributed by atoms with Crippen LogP contribution in [0.3, 0.4) is 0 Å². The Morgan fingerprint density at radius 2 is 2.04 bits per heavy atom. The number of hydrogen-bond acceptors (Lipinski definition) is 3. The van der Waals surface area contributed by atoms with Crippen LogP contribution < -0.4 is 5.32 Å². The number of benzene rings is 2. The summed E-state index contributed by atoms with van der Waals surface area (Å²) in [5.41, 5.74) is 4.05. The zero-order chi connectivity index (χ0) is 19.7. The molecule has 0 fully saturated rings. The molecule has 1 heterocycles. The summed E-state index contributed by atoms with van der Waals surface area (Å²) in [4.78, 5) is 18.9. The lowest BCUT2D eigenvalue weighted by Crippen LogP contribution is -2.30. The minimum absolute atomic E-state index is 0.0367. The fraction of sp³-hybridized carbons (Fsp3) is 0.273. The Bertz CT molecular complexity index is 994. The number of halogens is 2. The van der Waals surface area contributed by atoms with Crippen LogP contribution in [0.5, 0.6) is 0 Å². The molecule has 0 aliphatic heterocycles. The molecular weight excluding hydrogens is 411 g/mol. The molecule has 0 saturated heterocycles. The zero-order valence-electron chi connectivity index (χ0n) is 15.5. The molecule has 1 aromatic heterocycles. The van der Waals surface area contributed by atoms with Crippen molar-refractivity contribution >= 4 is 40.4 Å². The number of nitrogens with zero attached hydrogens (tertiary/aromatic N) is 1. The third-order valence-corrected chi connectivity index (χ3v) is 6.93. The van der Waals surface area contributed by atoms with Gasteiger partial charge in [0.15, 0.2) is 0 Å². The molecule has 144 valence electrons. The minimum Gasteiger partial charge on any atom is -0.351 e. The van der Waals surface area contributed by atoms with E-state index in [9.17, 15) is 4.79 Å². The Balaban J connectivity index is 1.53. The predicted molar refractivity (Wildman–Crippen MR) is 116 cm³/mol. The second-order valence-corrected chi connectivity index (χ2v) is 8.92. The van der Waals surface area contributed by atoms with Gasteiger partial charge in [0.2, 0.25) is 5.91 Å². The maximum atomic E-state index is 13.0. The molecule has 1 unspecified atom stereocenters. The number of amides is 1. The van der Waals surface area contributed by atoms with Crippen LogP contribution in [-0.4, -0.2) is 10.9 Å². The number of carbonyl (C=O) groups is 1. The Hall–Kier alpha value is -1.88. The van der Waals surface area contributed by atoms with Gasteiger partial charge in [0.05, 0.1) is 11.6 Å². The monoisotopic (exact) mass is 430 g/mol. The quantitative estimate of drug-likeness (QED) is 0.538. The van der Waals surface area contributed by atoms with Crippen LogP contribution in [0, 0.1) is 6.92 Å². The number of carbonyl (C=O) groups excluding carboxylic acids is 1. The van der Waals surface area contributed by atoms with Gasteiger partial charge in [-0.3, -0.25) is 4.79 Å². The highest BCUT2D eigenvalue weighted by Gasteiger charge is 2.30. The Labute approximate surface area is 178 Å². The number of hydrogen-bond donors (Lipinski definition) is 1. The van der Waals surface area contributed by atoms with Crippen LogP contribution in [0.15, 0.2) is 42.5 Å². The van der Waals surface area contributed by atoms with Gasteiger partial charge >= 0.3 is 0 Å². The van der Waals surface area contributed by atoms with Crippen molar-refractivity contribution in [1.82, 2.24) is 10.3 Å². The van der Waals surface area contributed by atoms with Crippen LogP contribution in [-0.2, 0) is 17.8 Å². The highest BCUT2D eigenvalue weighted by molar-refractivity contribution is 7.15. The second kappa shape index (κ2) is 8.24. The fourth-order valence-electron chi connectivity index (χ4n) is 3.63. The van der Waals surface area contributed by atoms with E-state index in [-0.39, 0.29) is 11.8 Å². The molecule has 1 aliphatic rings. The van der Waals surface area contributed by atoms with Crippen molar-refractivity contribution in [3.63, 3.8) is 0 Å². The summed E-state index contributed by atoms with van der Waals surface area (Å²) in [6.07, 6.45) is 2.76. The fourth-order valence-corrected chi connectivity index (χ4v) is 5.54. The zero-order valence-corrected chi connectivity index (χ0v) is 17.8. The first-order valence-corrected chi connectivity index (χ1v) is 10.9. The highest BCUT2D eigenvalue weighted by Crippen LogP contribution is 2.39. The van der Waals surface area contributed by atoms with Gasteiger partial charge in [0.1, 0.15) is 5.01 Å². The van der Waals surface area contributed by atoms with Crippen LogP contribution >= 0.6 is 34.5 Å².